The zero-order chi connectivity index (χ0) is 11.8. The van der Waals surface area contributed by atoms with Crippen molar-refractivity contribution in [3.8, 4) is 0 Å². The Kier molecular flexibility index (Phi) is 6.42. The van der Waals surface area contributed by atoms with E-state index in [1.807, 2.05) is 0 Å². The Labute approximate surface area is 98.6 Å². The predicted molar refractivity (Wildman–Crippen MR) is 66.9 cm³/mol. The average molecular weight is 227 g/mol. The van der Waals surface area contributed by atoms with Crippen LogP contribution in [0.2, 0.25) is 0 Å². The number of hydrogen-bond donors (Lipinski definition) is 2. The Hall–Kier alpha value is -0.610. The fraction of sp³-hybridized carbons (Fsp3) is 0.917. The zero-order valence-corrected chi connectivity index (χ0v) is 10.4. The molecule has 1 aliphatic carbocycles. The molecule has 1 rings (SSSR count). The zero-order valence-electron chi connectivity index (χ0n) is 10.4. The van der Waals surface area contributed by atoms with Crippen LogP contribution in [0.4, 0.5) is 0 Å². The first kappa shape index (κ1) is 13.5. The summed E-state index contributed by atoms with van der Waals surface area (Å²) in [7, 11) is 0. The summed E-state index contributed by atoms with van der Waals surface area (Å²) in [5.74, 6) is 0.289. The van der Waals surface area contributed by atoms with Crippen LogP contribution in [0.5, 0.6) is 0 Å². The van der Waals surface area contributed by atoms with Gasteiger partial charge in [-0.2, -0.15) is 0 Å². The van der Waals surface area contributed by atoms with Gasteiger partial charge in [0.05, 0.1) is 12.4 Å². The van der Waals surface area contributed by atoms with Crippen LogP contribution in [0.1, 0.15) is 39.0 Å². The number of amidine groups is 1. The topological polar surface area (TPSA) is 62.3 Å². The van der Waals surface area contributed by atoms with Crippen molar-refractivity contribution in [1.29, 1.82) is 5.41 Å². The minimum absolute atomic E-state index is 0.289. The van der Waals surface area contributed by atoms with E-state index < -0.39 is 0 Å². The van der Waals surface area contributed by atoms with Crippen LogP contribution in [-0.2, 0) is 4.74 Å². The molecule has 0 atom stereocenters. The fourth-order valence-electron chi connectivity index (χ4n) is 1.71. The van der Waals surface area contributed by atoms with Gasteiger partial charge in [0.15, 0.2) is 0 Å². The second-order valence-corrected chi connectivity index (χ2v) is 4.51. The SMILES string of the molecule is CCCCOCCN(CCC(=N)N)C1CC1. The summed E-state index contributed by atoms with van der Waals surface area (Å²) < 4.78 is 5.56. The van der Waals surface area contributed by atoms with Gasteiger partial charge in [0.25, 0.3) is 0 Å². The third-order valence-electron chi connectivity index (χ3n) is 2.90. The van der Waals surface area contributed by atoms with Crippen LogP contribution in [0.25, 0.3) is 0 Å². The number of ether oxygens (including phenoxy) is 1. The monoisotopic (exact) mass is 227 g/mol. The maximum absolute atomic E-state index is 7.24. The summed E-state index contributed by atoms with van der Waals surface area (Å²) in [5.41, 5.74) is 5.38. The Balaban J connectivity index is 2.06. The van der Waals surface area contributed by atoms with E-state index >= 15 is 0 Å². The molecular weight excluding hydrogens is 202 g/mol. The molecule has 4 heteroatoms. The third-order valence-corrected chi connectivity index (χ3v) is 2.90. The molecule has 0 aromatic rings. The van der Waals surface area contributed by atoms with Crippen molar-refractivity contribution >= 4 is 5.84 Å². The highest BCUT2D eigenvalue weighted by molar-refractivity contribution is 5.76. The van der Waals surface area contributed by atoms with Crippen molar-refractivity contribution in [2.45, 2.75) is 45.1 Å². The Morgan fingerprint density at radius 1 is 1.38 bits per heavy atom. The standard InChI is InChI=1S/C12H25N3O/c1-2-3-9-16-10-8-15(11-4-5-11)7-6-12(13)14/h11H,2-10H2,1H3,(H3,13,14). The first-order valence-electron chi connectivity index (χ1n) is 6.38. The molecular formula is C12H25N3O. The number of rotatable bonds is 10. The summed E-state index contributed by atoms with van der Waals surface area (Å²) >= 11 is 0. The minimum atomic E-state index is 0.289. The van der Waals surface area contributed by atoms with Gasteiger partial charge in [-0.1, -0.05) is 13.3 Å². The van der Waals surface area contributed by atoms with Crippen molar-refractivity contribution in [2.24, 2.45) is 5.73 Å². The second kappa shape index (κ2) is 7.63. The van der Waals surface area contributed by atoms with Gasteiger partial charge < -0.3 is 10.5 Å². The van der Waals surface area contributed by atoms with Crippen LogP contribution in [0.3, 0.4) is 0 Å². The van der Waals surface area contributed by atoms with Crippen LogP contribution in [0, 0.1) is 5.41 Å². The van der Waals surface area contributed by atoms with E-state index in [0.717, 1.165) is 38.8 Å². The van der Waals surface area contributed by atoms with E-state index in [0.29, 0.717) is 6.42 Å². The van der Waals surface area contributed by atoms with E-state index in [9.17, 15) is 0 Å². The van der Waals surface area contributed by atoms with Crippen molar-refractivity contribution in [2.75, 3.05) is 26.3 Å². The highest BCUT2D eigenvalue weighted by Crippen LogP contribution is 2.26. The van der Waals surface area contributed by atoms with E-state index in [4.69, 9.17) is 15.9 Å². The van der Waals surface area contributed by atoms with Crippen molar-refractivity contribution in [3.05, 3.63) is 0 Å². The molecule has 0 aromatic carbocycles. The number of unbranched alkanes of at least 4 members (excludes halogenated alkanes) is 1. The quantitative estimate of drug-likeness (QED) is 0.338. The summed E-state index contributed by atoms with van der Waals surface area (Å²) in [5, 5.41) is 7.24. The van der Waals surface area contributed by atoms with Gasteiger partial charge in [0, 0.05) is 32.2 Å². The molecule has 0 unspecified atom stereocenters. The van der Waals surface area contributed by atoms with Gasteiger partial charge >= 0.3 is 0 Å². The molecule has 1 saturated carbocycles. The molecule has 0 bridgehead atoms. The van der Waals surface area contributed by atoms with Gasteiger partial charge in [0.1, 0.15) is 0 Å². The van der Waals surface area contributed by atoms with Crippen molar-refractivity contribution < 1.29 is 4.74 Å². The highest BCUT2D eigenvalue weighted by atomic mass is 16.5. The van der Waals surface area contributed by atoms with Gasteiger partial charge in [-0.25, -0.2) is 0 Å². The Morgan fingerprint density at radius 3 is 2.69 bits per heavy atom. The average Bonchev–Trinajstić information content (AvgIpc) is 3.05. The van der Waals surface area contributed by atoms with Gasteiger partial charge in [0.2, 0.25) is 0 Å². The fourth-order valence-corrected chi connectivity index (χ4v) is 1.71. The van der Waals surface area contributed by atoms with Crippen molar-refractivity contribution in [3.63, 3.8) is 0 Å². The first-order valence-corrected chi connectivity index (χ1v) is 6.38. The maximum atomic E-state index is 7.24. The Morgan fingerprint density at radius 2 is 2.12 bits per heavy atom. The second-order valence-electron chi connectivity index (χ2n) is 4.51. The molecule has 0 radical (unpaired) electrons. The molecule has 0 amide bonds. The number of nitrogens with two attached hydrogens (primary N) is 1. The number of nitrogens with one attached hydrogen (secondary N) is 1. The lowest BCUT2D eigenvalue weighted by Crippen LogP contribution is -2.33. The van der Waals surface area contributed by atoms with E-state index in [1.165, 1.54) is 19.3 Å². The lowest BCUT2D eigenvalue weighted by atomic mass is 10.3. The summed E-state index contributed by atoms with van der Waals surface area (Å²) in [6, 6.07) is 0.731. The third kappa shape index (κ3) is 6.08. The van der Waals surface area contributed by atoms with Crippen LogP contribution >= 0.6 is 0 Å². The van der Waals surface area contributed by atoms with Gasteiger partial charge in [-0.05, 0) is 19.3 Å². The molecule has 0 heterocycles. The molecule has 1 aliphatic rings. The van der Waals surface area contributed by atoms with Crippen LogP contribution in [-0.4, -0.2) is 43.1 Å². The molecule has 0 saturated heterocycles. The summed E-state index contributed by atoms with van der Waals surface area (Å²) in [6.07, 6.45) is 5.62. The van der Waals surface area contributed by atoms with E-state index in [2.05, 4.69) is 11.8 Å². The normalized spacial score (nSPS) is 15.6. The molecule has 0 spiro atoms. The highest BCUT2D eigenvalue weighted by Gasteiger charge is 2.28. The van der Waals surface area contributed by atoms with Gasteiger partial charge in [-0.3, -0.25) is 10.3 Å². The molecule has 16 heavy (non-hydrogen) atoms. The Bertz CT molecular complexity index is 204. The smallest absolute Gasteiger partial charge is 0.0918 e. The predicted octanol–water partition coefficient (Wildman–Crippen LogP) is 1.59. The number of nitrogens with zero attached hydrogens (tertiary/aromatic N) is 1. The molecule has 4 nitrogen and oxygen atoms in total. The number of hydrogen-bond acceptors (Lipinski definition) is 3. The lowest BCUT2D eigenvalue weighted by molar-refractivity contribution is 0.0997. The van der Waals surface area contributed by atoms with Gasteiger partial charge in [-0.15, -0.1) is 0 Å². The molecule has 1 fully saturated rings. The largest absolute Gasteiger partial charge is 0.388 e. The molecule has 0 aliphatic heterocycles. The summed E-state index contributed by atoms with van der Waals surface area (Å²) in [6.45, 7) is 5.77. The lowest BCUT2D eigenvalue weighted by Gasteiger charge is -2.21. The molecule has 3 N–H and O–H groups in total. The molecule has 94 valence electrons. The first-order chi connectivity index (χ1) is 7.74. The van der Waals surface area contributed by atoms with Crippen molar-refractivity contribution in [1.82, 2.24) is 4.90 Å². The van der Waals surface area contributed by atoms with E-state index in [1.54, 1.807) is 0 Å². The molecule has 0 aromatic heterocycles. The van der Waals surface area contributed by atoms with E-state index in [-0.39, 0.29) is 5.84 Å². The van der Waals surface area contributed by atoms with Crippen LogP contribution < -0.4 is 5.73 Å². The minimum Gasteiger partial charge on any atom is -0.388 e. The van der Waals surface area contributed by atoms with Crippen LogP contribution in [0.15, 0.2) is 0 Å². The maximum Gasteiger partial charge on any atom is 0.0918 e. The summed E-state index contributed by atoms with van der Waals surface area (Å²) in [4.78, 5) is 2.41.